The largest absolute Gasteiger partial charge is 0.444 e. The molecule has 0 saturated carbocycles. The second-order valence-electron chi connectivity index (χ2n) is 10.1. The van der Waals surface area contributed by atoms with Crippen molar-refractivity contribution >= 4 is 30.5 Å². The number of amides is 3. The molecule has 3 amide bonds. The van der Waals surface area contributed by atoms with Gasteiger partial charge in [-0.25, -0.2) is 4.79 Å². The summed E-state index contributed by atoms with van der Waals surface area (Å²) in [5.41, 5.74) is -0.196. The maximum absolute atomic E-state index is 13.8. The van der Waals surface area contributed by atoms with Gasteiger partial charge in [0.15, 0.2) is 0 Å². The van der Waals surface area contributed by atoms with Gasteiger partial charge in [0.2, 0.25) is 11.8 Å². The molecule has 0 aliphatic heterocycles. The Balaban J connectivity index is 3.43. The number of rotatable bonds is 9. The highest BCUT2D eigenvalue weighted by Crippen LogP contribution is 2.30. The Morgan fingerprint density at radius 3 is 2.15 bits per heavy atom. The average molecular weight is 490 g/mol. The van der Waals surface area contributed by atoms with Gasteiger partial charge in [-0.1, -0.05) is 31.4 Å². The summed E-state index contributed by atoms with van der Waals surface area (Å²) in [6.45, 7) is 13.3. The van der Waals surface area contributed by atoms with Crippen LogP contribution in [0.2, 0.25) is 0 Å². The van der Waals surface area contributed by atoms with E-state index in [1.54, 1.807) is 45.0 Å². The SMILES string of the molecule is C#Cc1ccc(C(C(=O)NCCCC)N(C(=O)C(CS)NC(=O)OC(C)(C)C)C(C)(C)C)cc1. The number of nitrogens with one attached hydrogen (secondary N) is 2. The zero-order valence-corrected chi connectivity index (χ0v) is 22.3. The van der Waals surface area contributed by atoms with Gasteiger partial charge >= 0.3 is 6.09 Å². The lowest BCUT2D eigenvalue weighted by atomic mass is 9.95. The second-order valence-corrected chi connectivity index (χ2v) is 10.4. The van der Waals surface area contributed by atoms with E-state index in [0.29, 0.717) is 17.7 Å². The Bertz CT molecular complexity index is 879. The van der Waals surface area contributed by atoms with Crippen LogP contribution in [0.1, 0.15) is 78.5 Å². The molecule has 2 atom stereocenters. The van der Waals surface area contributed by atoms with E-state index in [4.69, 9.17) is 11.2 Å². The van der Waals surface area contributed by atoms with Gasteiger partial charge in [0, 0.05) is 23.4 Å². The molecule has 7 nitrogen and oxygen atoms in total. The normalized spacial score (nSPS) is 13.3. The summed E-state index contributed by atoms with van der Waals surface area (Å²) < 4.78 is 5.32. The van der Waals surface area contributed by atoms with Gasteiger partial charge in [-0.15, -0.1) is 6.42 Å². The van der Waals surface area contributed by atoms with E-state index < -0.39 is 35.2 Å². The third-order valence-corrected chi connectivity index (χ3v) is 5.23. The van der Waals surface area contributed by atoms with Crippen LogP contribution in [0, 0.1) is 12.3 Å². The van der Waals surface area contributed by atoms with Crippen LogP contribution in [0.3, 0.4) is 0 Å². The predicted octanol–water partition coefficient (Wildman–Crippen LogP) is 4.08. The van der Waals surface area contributed by atoms with Crippen LogP contribution < -0.4 is 10.6 Å². The number of carbonyl (C=O) groups excluding carboxylic acids is 3. The average Bonchev–Trinajstić information content (AvgIpc) is 2.73. The quantitative estimate of drug-likeness (QED) is 0.277. The van der Waals surface area contributed by atoms with Crippen molar-refractivity contribution in [2.45, 2.75) is 84.5 Å². The smallest absolute Gasteiger partial charge is 0.408 e. The molecule has 0 fully saturated rings. The summed E-state index contributed by atoms with van der Waals surface area (Å²) in [6.07, 6.45) is 6.50. The molecule has 34 heavy (non-hydrogen) atoms. The Hall–Kier alpha value is -2.66. The molecule has 0 radical (unpaired) electrons. The summed E-state index contributed by atoms with van der Waals surface area (Å²) in [5, 5.41) is 5.55. The number of nitrogens with zero attached hydrogens (tertiary/aromatic N) is 1. The van der Waals surface area contributed by atoms with E-state index in [0.717, 1.165) is 12.8 Å². The van der Waals surface area contributed by atoms with Crippen LogP contribution in [-0.4, -0.2) is 52.3 Å². The topological polar surface area (TPSA) is 87.7 Å². The first-order valence-electron chi connectivity index (χ1n) is 11.5. The fourth-order valence-corrected chi connectivity index (χ4v) is 3.56. The standard InChI is InChI=1S/C26H39N3O4S/c1-9-11-16-27-22(30)21(19-14-12-18(10-2)13-15-19)29(25(3,4)5)23(31)20(17-34)28-24(32)33-26(6,7)8/h2,12-15,20-21,34H,9,11,16-17H2,1,3-8H3,(H,27,30)(H,28,32). The molecule has 0 bridgehead atoms. The van der Waals surface area contributed by atoms with Crippen molar-refractivity contribution in [2.75, 3.05) is 12.3 Å². The van der Waals surface area contributed by atoms with Gasteiger partial charge in [-0.3, -0.25) is 9.59 Å². The highest BCUT2D eigenvalue weighted by Gasteiger charge is 2.41. The molecule has 1 aromatic rings. The molecule has 188 valence electrons. The molecule has 0 aliphatic carbocycles. The molecule has 0 spiro atoms. The van der Waals surface area contributed by atoms with E-state index in [9.17, 15) is 14.4 Å². The highest BCUT2D eigenvalue weighted by atomic mass is 32.1. The minimum absolute atomic E-state index is 0.0326. The minimum atomic E-state index is -0.992. The van der Waals surface area contributed by atoms with Crippen molar-refractivity contribution in [3.63, 3.8) is 0 Å². The number of unbranched alkanes of at least 4 members (excludes halogenated alkanes) is 1. The number of carbonyl (C=O) groups is 3. The summed E-state index contributed by atoms with van der Waals surface area (Å²) >= 11 is 4.29. The van der Waals surface area contributed by atoms with Gasteiger partial charge in [-0.2, -0.15) is 12.6 Å². The molecule has 0 aromatic heterocycles. The van der Waals surface area contributed by atoms with Crippen LogP contribution in [0.4, 0.5) is 4.79 Å². The summed E-state index contributed by atoms with van der Waals surface area (Å²) in [7, 11) is 0. The molecule has 8 heteroatoms. The molecule has 0 aliphatic rings. The number of hydrogen-bond acceptors (Lipinski definition) is 5. The monoisotopic (exact) mass is 489 g/mol. The van der Waals surface area contributed by atoms with Gasteiger partial charge in [0.25, 0.3) is 0 Å². The Kier molecular flexibility index (Phi) is 11.0. The third kappa shape index (κ3) is 8.94. The fourth-order valence-electron chi connectivity index (χ4n) is 3.31. The zero-order chi connectivity index (χ0) is 26.1. The van der Waals surface area contributed by atoms with Crippen molar-refractivity contribution in [1.82, 2.24) is 15.5 Å². The van der Waals surface area contributed by atoms with Crippen LogP contribution in [-0.2, 0) is 14.3 Å². The maximum atomic E-state index is 13.8. The molecule has 0 saturated heterocycles. The first-order valence-corrected chi connectivity index (χ1v) is 12.2. The number of terminal acetylenes is 1. The number of benzene rings is 1. The number of ether oxygens (including phenoxy) is 1. The summed E-state index contributed by atoms with van der Waals surface area (Å²) in [6, 6.07) is 5.06. The van der Waals surface area contributed by atoms with Gasteiger partial charge in [0.1, 0.15) is 17.7 Å². The minimum Gasteiger partial charge on any atom is -0.444 e. The van der Waals surface area contributed by atoms with Crippen molar-refractivity contribution in [3.8, 4) is 12.3 Å². The van der Waals surface area contributed by atoms with Crippen molar-refractivity contribution in [2.24, 2.45) is 0 Å². The Morgan fingerprint density at radius 2 is 1.71 bits per heavy atom. The van der Waals surface area contributed by atoms with Crippen molar-refractivity contribution < 1.29 is 19.1 Å². The van der Waals surface area contributed by atoms with E-state index >= 15 is 0 Å². The molecule has 1 aromatic carbocycles. The van der Waals surface area contributed by atoms with Crippen LogP contribution >= 0.6 is 12.6 Å². The lowest BCUT2D eigenvalue weighted by Gasteiger charge is -2.43. The predicted molar refractivity (Wildman–Crippen MR) is 139 cm³/mol. The van der Waals surface area contributed by atoms with Gasteiger partial charge < -0.3 is 20.3 Å². The van der Waals surface area contributed by atoms with E-state index in [2.05, 4.69) is 29.2 Å². The molecule has 2 unspecified atom stereocenters. The number of thiol groups is 1. The molecule has 2 N–H and O–H groups in total. The zero-order valence-electron chi connectivity index (χ0n) is 21.4. The molecular weight excluding hydrogens is 450 g/mol. The number of hydrogen-bond donors (Lipinski definition) is 3. The molecule has 1 rings (SSSR count). The Morgan fingerprint density at radius 1 is 1.12 bits per heavy atom. The Labute approximate surface area is 209 Å². The third-order valence-electron chi connectivity index (χ3n) is 4.86. The maximum Gasteiger partial charge on any atom is 0.408 e. The van der Waals surface area contributed by atoms with Crippen LogP contribution in [0.5, 0.6) is 0 Å². The first kappa shape index (κ1) is 29.4. The van der Waals surface area contributed by atoms with Crippen molar-refractivity contribution in [3.05, 3.63) is 35.4 Å². The summed E-state index contributed by atoms with van der Waals surface area (Å²) in [5.74, 6) is 1.85. The second kappa shape index (κ2) is 12.7. The van der Waals surface area contributed by atoms with Crippen molar-refractivity contribution in [1.29, 1.82) is 0 Å². The fraction of sp³-hybridized carbons (Fsp3) is 0.577. The first-order chi connectivity index (χ1) is 15.7. The van der Waals surface area contributed by atoms with Gasteiger partial charge in [0.05, 0.1) is 0 Å². The lowest BCUT2D eigenvalue weighted by molar-refractivity contribution is -0.148. The van der Waals surface area contributed by atoms with Crippen LogP contribution in [0.25, 0.3) is 0 Å². The van der Waals surface area contributed by atoms with E-state index in [1.165, 1.54) is 4.90 Å². The van der Waals surface area contributed by atoms with E-state index in [-0.39, 0.29) is 11.7 Å². The molecule has 0 heterocycles. The van der Waals surface area contributed by atoms with Gasteiger partial charge in [-0.05, 0) is 65.7 Å². The highest BCUT2D eigenvalue weighted by molar-refractivity contribution is 7.80. The number of alkyl carbamates (subject to hydrolysis) is 1. The lowest BCUT2D eigenvalue weighted by Crippen LogP contribution is -2.59. The summed E-state index contributed by atoms with van der Waals surface area (Å²) in [4.78, 5) is 41.1. The molecular formula is C26H39N3O4S. The van der Waals surface area contributed by atoms with Crippen LogP contribution in [0.15, 0.2) is 24.3 Å². The van der Waals surface area contributed by atoms with E-state index in [1.807, 2.05) is 27.7 Å².